The molecule has 3 aromatic carbocycles. The van der Waals surface area contributed by atoms with Crippen LogP contribution in [-0.4, -0.2) is 11.1 Å². The minimum absolute atomic E-state index is 0.401. The Balaban J connectivity index is 1.51. The molecule has 0 atom stereocenters. The molecular formula is C31H35O2S+. The molecule has 0 aliphatic heterocycles. The second kappa shape index (κ2) is 10.8. The molecule has 176 valence electrons. The number of hydrogen-bond acceptors (Lipinski definition) is 1. The third-order valence-corrected chi connectivity index (χ3v) is 10.0. The van der Waals surface area contributed by atoms with E-state index in [9.17, 15) is 9.90 Å². The summed E-state index contributed by atoms with van der Waals surface area (Å²) in [4.78, 5) is 15.4. The van der Waals surface area contributed by atoms with Crippen molar-refractivity contribution in [3.63, 3.8) is 0 Å². The van der Waals surface area contributed by atoms with Crippen molar-refractivity contribution in [2.24, 2.45) is 0 Å². The van der Waals surface area contributed by atoms with Gasteiger partial charge in [-0.15, -0.1) is 0 Å². The molecule has 3 aromatic rings. The van der Waals surface area contributed by atoms with Crippen LogP contribution in [0, 0.1) is 0 Å². The second-order valence-electron chi connectivity index (χ2n) is 9.92. The second-order valence-corrected chi connectivity index (χ2v) is 11.9. The van der Waals surface area contributed by atoms with Gasteiger partial charge < -0.3 is 5.11 Å². The zero-order valence-electron chi connectivity index (χ0n) is 19.9. The van der Waals surface area contributed by atoms with Gasteiger partial charge in [-0.2, -0.15) is 0 Å². The number of carboxylic acid groups (broad SMARTS) is 1. The molecule has 0 bridgehead atoms. The van der Waals surface area contributed by atoms with Gasteiger partial charge in [-0.3, -0.25) is 0 Å². The summed E-state index contributed by atoms with van der Waals surface area (Å²) < 4.78 is 0. The summed E-state index contributed by atoms with van der Waals surface area (Å²) in [6.45, 7) is 0. The molecule has 0 aromatic heterocycles. The number of carboxylic acids is 1. The van der Waals surface area contributed by atoms with E-state index >= 15 is 0 Å². The Morgan fingerprint density at radius 2 is 1.06 bits per heavy atom. The summed E-state index contributed by atoms with van der Waals surface area (Å²) in [5.41, 5.74) is 3.27. The van der Waals surface area contributed by atoms with Gasteiger partial charge in [0.2, 0.25) is 0 Å². The van der Waals surface area contributed by atoms with E-state index in [1.54, 1.807) is 6.07 Å². The number of benzene rings is 3. The van der Waals surface area contributed by atoms with E-state index in [4.69, 9.17) is 0 Å². The lowest BCUT2D eigenvalue weighted by Gasteiger charge is -2.22. The van der Waals surface area contributed by atoms with E-state index in [-0.39, 0.29) is 0 Å². The van der Waals surface area contributed by atoms with Gasteiger partial charge in [0.05, 0.1) is 0 Å². The van der Waals surface area contributed by atoms with E-state index in [1.807, 2.05) is 18.2 Å². The lowest BCUT2D eigenvalue weighted by Crippen LogP contribution is -2.12. The zero-order valence-corrected chi connectivity index (χ0v) is 20.7. The van der Waals surface area contributed by atoms with Crippen molar-refractivity contribution in [1.82, 2.24) is 0 Å². The molecule has 2 saturated carbocycles. The third kappa shape index (κ3) is 5.10. The topological polar surface area (TPSA) is 37.3 Å². The predicted molar refractivity (Wildman–Crippen MR) is 140 cm³/mol. The van der Waals surface area contributed by atoms with Gasteiger partial charge in [0.25, 0.3) is 0 Å². The summed E-state index contributed by atoms with van der Waals surface area (Å²) in [6, 6.07) is 25.7. The fourth-order valence-electron chi connectivity index (χ4n) is 5.84. The molecule has 0 unspecified atom stereocenters. The number of carbonyl (C=O) groups is 1. The van der Waals surface area contributed by atoms with Crippen LogP contribution in [0.1, 0.15) is 97.5 Å². The highest BCUT2D eigenvalue weighted by molar-refractivity contribution is 7.97. The first kappa shape index (κ1) is 23.2. The normalized spacial score (nSPS) is 17.7. The maximum absolute atomic E-state index is 12.1. The number of rotatable bonds is 6. The molecular weight excluding hydrogens is 436 g/mol. The van der Waals surface area contributed by atoms with E-state index in [1.165, 1.54) is 85.1 Å². The van der Waals surface area contributed by atoms with E-state index in [0.29, 0.717) is 17.4 Å². The van der Waals surface area contributed by atoms with Crippen LogP contribution in [0.15, 0.2) is 87.5 Å². The largest absolute Gasteiger partial charge is 0.478 e. The summed E-state index contributed by atoms with van der Waals surface area (Å²) in [5, 5.41) is 9.94. The van der Waals surface area contributed by atoms with Crippen molar-refractivity contribution in [2.45, 2.75) is 90.7 Å². The standard InChI is InChI=1S/C31H34O2S/c32-31(33)29-13-7-8-14-30(29)34(27-19-15-25(16-20-27)23-9-3-1-4-10-23)28-21-17-26(18-22-28)24-11-5-2-6-12-24/h7-8,13-24H,1-6,9-12H2/p+1. The Kier molecular flexibility index (Phi) is 7.39. The summed E-state index contributed by atoms with van der Waals surface area (Å²) in [7, 11) is -0.454. The van der Waals surface area contributed by atoms with Gasteiger partial charge in [0.1, 0.15) is 16.5 Å². The summed E-state index contributed by atoms with van der Waals surface area (Å²) in [6.07, 6.45) is 13.2. The predicted octanol–water partition coefficient (Wildman–Crippen LogP) is 8.58. The Hall–Kier alpha value is -2.52. The zero-order chi connectivity index (χ0) is 23.3. The van der Waals surface area contributed by atoms with Crippen LogP contribution in [0.2, 0.25) is 0 Å². The average molecular weight is 472 g/mol. The molecule has 5 rings (SSSR count). The fourth-order valence-corrected chi connectivity index (χ4v) is 8.02. The molecule has 0 radical (unpaired) electrons. The maximum Gasteiger partial charge on any atom is 0.340 e. The van der Waals surface area contributed by atoms with Crippen molar-refractivity contribution in [3.05, 3.63) is 89.5 Å². The molecule has 0 heterocycles. The molecule has 3 heteroatoms. The van der Waals surface area contributed by atoms with Gasteiger partial charge in [0.15, 0.2) is 14.7 Å². The molecule has 0 saturated heterocycles. The Labute approximate surface area is 206 Å². The van der Waals surface area contributed by atoms with Crippen molar-refractivity contribution in [3.8, 4) is 0 Å². The Bertz CT molecular complexity index is 1030. The van der Waals surface area contributed by atoms with E-state index < -0.39 is 16.9 Å². The van der Waals surface area contributed by atoms with Crippen LogP contribution in [0.25, 0.3) is 0 Å². The van der Waals surface area contributed by atoms with Gasteiger partial charge in [-0.1, -0.05) is 74.9 Å². The monoisotopic (exact) mass is 471 g/mol. The van der Waals surface area contributed by atoms with Gasteiger partial charge in [-0.05, 0) is 85.0 Å². The smallest absolute Gasteiger partial charge is 0.340 e. The molecule has 0 spiro atoms. The first-order chi connectivity index (χ1) is 16.7. The van der Waals surface area contributed by atoms with Crippen molar-refractivity contribution < 1.29 is 9.90 Å². The highest BCUT2D eigenvalue weighted by Gasteiger charge is 2.33. The summed E-state index contributed by atoms with van der Waals surface area (Å²) >= 11 is 0. The van der Waals surface area contributed by atoms with E-state index in [2.05, 4.69) is 48.5 Å². The highest BCUT2D eigenvalue weighted by Crippen LogP contribution is 2.38. The maximum atomic E-state index is 12.1. The highest BCUT2D eigenvalue weighted by atomic mass is 32.2. The van der Waals surface area contributed by atoms with Crippen LogP contribution >= 0.6 is 0 Å². The average Bonchev–Trinajstić information content (AvgIpc) is 2.91. The lowest BCUT2D eigenvalue weighted by atomic mass is 9.84. The minimum Gasteiger partial charge on any atom is -0.478 e. The van der Waals surface area contributed by atoms with Crippen LogP contribution in [0.4, 0.5) is 0 Å². The van der Waals surface area contributed by atoms with Crippen molar-refractivity contribution in [1.29, 1.82) is 0 Å². The molecule has 0 amide bonds. The number of hydrogen-bond donors (Lipinski definition) is 1. The van der Waals surface area contributed by atoms with Crippen LogP contribution in [0.5, 0.6) is 0 Å². The first-order valence-corrected chi connectivity index (χ1v) is 14.2. The SMILES string of the molecule is O=C(O)c1ccccc1[S+](c1ccc(C2CCCCC2)cc1)c1ccc(C2CCCCC2)cc1. The van der Waals surface area contributed by atoms with Crippen molar-refractivity contribution in [2.75, 3.05) is 0 Å². The fraction of sp³-hybridized carbons (Fsp3) is 0.387. The van der Waals surface area contributed by atoms with Crippen LogP contribution < -0.4 is 0 Å². The summed E-state index contributed by atoms with van der Waals surface area (Å²) in [5.74, 6) is 0.488. The van der Waals surface area contributed by atoms with Gasteiger partial charge >= 0.3 is 5.97 Å². The quantitative estimate of drug-likeness (QED) is 0.366. The van der Waals surface area contributed by atoms with Crippen LogP contribution in [-0.2, 0) is 10.9 Å². The van der Waals surface area contributed by atoms with Gasteiger partial charge in [-0.25, -0.2) is 4.79 Å². The molecule has 2 nitrogen and oxygen atoms in total. The first-order valence-electron chi connectivity index (χ1n) is 13.0. The minimum atomic E-state index is -0.856. The lowest BCUT2D eigenvalue weighted by molar-refractivity contribution is 0.0693. The molecule has 1 N–H and O–H groups in total. The van der Waals surface area contributed by atoms with Gasteiger partial charge in [0, 0.05) is 0 Å². The molecule has 34 heavy (non-hydrogen) atoms. The number of aromatic carboxylic acids is 1. The Morgan fingerprint density at radius 3 is 1.50 bits per heavy atom. The van der Waals surface area contributed by atoms with Crippen molar-refractivity contribution >= 4 is 16.9 Å². The molecule has 2 aliphatic carbocycles. The molecule has 2 fully saturated rings. The molecule has 2 aliphatic rings. The van der Waals surface area contributed by atoms with E-state index in [0.717, 1.165) is 4.90 Å². The van der Waals surface area contributed by atoms with Crippen LogP contribution in [0.3, 0.4) is 0 Å². The Morgan fingerprint density at radius 1 is 0.618 bits per heavy atom. The third-order valence-electron chi connectivity index (χ3n) is 7.72.